The number of fused-ring (bicyclic) bond motifs is 1. The zero-order valence-corrected chi connectivity index (χ0v) is 21.7. The topological polar surface area (TPSA) is 3.88 Å². The van der Waals surface area contributed by atoms with Crippen molar-refractivity contribution in [3.8, 4) is 21.7 Å². The van der Waals surface area contributed by atoms with Gasteiger partial charge < -0.3 is 0 Å². The third-order valence-corrected chi connectivity index (χ3v) is 7.25. The van der Waals surface area contributed by atoms with Gasteiger partial charge in [-0.3, -0.25) is 0 Å². The van der Waals surface area contributed by atoms with Crippen molar-refractivity contribution < 1.29 is 4.57 Å². The largest absolute Gasteiger partial charge is 0.213 e. The van der Waals surface area contributed by atoms with Gasteiger partial charge in [-0.25, -0.2) is 4.57 Å². The molecule has 0 saturated carbocycles. The van der Waals surface area contributed by atoms with Crippen LogP contribution in [0.5, 0.6) is 0 Å². The van der Waals surface area contributed by atoms with Crippen LogP contribution in [-0.2, 0) is 18.9 Å². The molecule has 2 heteroatoms. The monoisotopic (exact) mass is 442 g/mol. The fourth-order valence-corrected chi connectivity index (χ4v) is 5.54. The van der Waals surface area contributed by atoms with Gasteiger partial charge >= 0.3 is 0 Å². The summed E-state index contributed by atoms with van der Waals surface area (Å²) in [6, 6.07) is 18.3. The first-order chi connectivity index (χ1) is 14.9. The Hall–Kier alpha value is -2.45. The lowest BCUT2D eigenvalue weighted by molar-refractivity contribution is -0.660. The third kappa shape index (κ3) is 4.52. The van der Waals surface area contributed by atoms with E-state index >= 15 is 0 Å². The van der Waals surface area contributed by atoms with E-state index in [1.807, 2.05) is 11.3 Å². The lowest BCUT2D eigenvalue weighted by atomic mass is 9.80. The van der Waals surface area contributed by atoms with Crippen LogP contribution in [0.1, 0.15) is 58.2 Å². The van der Waals surface area contributed by atoms with Crippen LogP contribution in [0, 0.1) is 12.3 Å². The fraction of sp³-hybridized carbons (Fsp3) is 0.367. The number of hydrogen-bond donors (Lipinski definition) is 0. The molecular weight excluding hydrogens is 406 g/mol. The zero-order chi connectivity index (χ0) is 23.3. The third-order valence-electron chi connectivity index (χ3n) is 6.22. The molecule has 0 aliphatic rings. The van der Waals surface area contributed by atoms with Crippen molar-refractivity contribution in [3.63, 3.8) is 0 Å². The average molecular weight is 443 g/mol. The Labute approximate surface area is 197 Å². The van der Waals surface area contributed by atoms with Crippen molar-refractivity contribution >= 4 is 22.1 Å². The van der Waals surface area contributed by atoms with Crippen molar-refractivity contribution in [2.75, 3.05) is 0 Å². The normalized spacial score (nSPS) is 12.5. The molecule has 2 heterocycles. The van der Waals surface area contributed by atoms with Crippen LogP contribution in [0.2, 0.25) is 0 Å². The fourth-order valence-electron chi connectivity index (χ4n) is 4.63. The maximum Gasteiger partial charge on any atom is 0.213 e. The van der Waals surface area contributed by atoms with E-state index in [0.717, 1.165) is 6.42 Å². The van der Waals surface area contributed by atoms with Crippen LogP contribution in [-0.4, -0.2) is 0 Å². The molecule has 1 nitrogen and oxygen atoms in total. The highest BCUT2D eigenvalue weighted by Crippen LogP contribution is 2.38. The molecule has 0 atom stereocenters. The molecule has 166 valence electrons. The van der Waals surface area contributed by atoms with Crippen LogP contribution in [0.25, 0.3) is 32.5 Å². The number of benzene rings is 2. The summed E-state index contributed by atoms with van der Waals surface area (Å²) >= 11 is 1.86. The van der Waals surface area contributed by atoms with E-state index in [4.69, 9.17) is 0 Å². The van der Waals surface area contributed by atoms with E-state index in [1.54, 1.807) is 0 Å². The van der Waals surface area contributed by atoms with E-state index in [1.165, 1.54) is 49.2 Å². The number of aromatic nitrogens is 1. The van der Waals surface area contributed by atoms with E-state index in [2.05, 4.69) is 120 Å². The summed E-state index contributed by atoms with van der Waals surface area (Å²) in [6.07, 6.45) is 3.31. The number of aryl methyl sites for hydroxylation is 2. The van der Waals surface area contributed by atoms with Gasteiger partial charge in [-0.15, -0.1) is 11.3 Å². The second-order valence-corrected chi connectivity index (χ2v) is 12.3. The van der Waals surface area contributed by atoms with Crippen LogP contribution in [0.15, 0.2) is 60.1 Å². The first-order valence-electron chi connectivity index (χ1n) is 11.5. The molecular formula is C30H36NS+. The number of thiophene rings is 1. The molecule has 0 spiro atoms. The van der Waals surface area contributed by atoms with Gasteiger partial charge in [-0.1, -0.05) is 65.8 Å². The molecule has 2 aromatic carbocycles. The maximum absolute atomic E-state index is 2.43. The molecule has 0 unspecified atom stereocenters. The van der Waals surface area contributed by atoms with Gasteiger partial charge in [0, 0.05) is 28.1 Å². The lowest BCUT2D eigenvalue weighted by Gasteiger charge is -2.24. The first kappa shape index (κ1) is 22.7. The molecule has 0 aliphatic heterocycles. The van der Waals surface area contributed by atoms with Crippen molar-refractivity contribution in [2.45, 2.75) is 60.3 Å². The smallest absolute Gasteiger partial charge is 0.201 e. The molecule has 0 saturated heterocycles. The van der Waals surface area contributed by atoms with Gasteiger partial charge in [0.15, 0.2) is 6.20 Å². The molecule has 0 fully saturated rings. The van der Waals surface area contributed by atoms with Gasteiger partial charge in [0.25, 0.3) is 0 Å². The number of rotatable bonds is 3. The summed E-state index contributed by atoms with van der Waals surface area (Å²) < 4.78 is 2.26. The Morgan fingerprint density at radius 1 is 0.875 bits per heavy atom. The Morgan fingerprint density at radius 2 is 1.56 bits per heavy atom. The highest BCUT2D eigenvalue weighted by molar-refractivity contribution is 7.13. The predicted octanol–water partition coefficient (Wildman–Crippen LogP) is 8.25. The van der Waals surface area contributed by atoms with Gasteiger partial charge in [0.1, 0.15) is 7.05 Å². The van der Waals surface area contributed by atoms with Gasteiger partial charge in [-0.05, 0) is 69.2 Å². The standard InChI is InChI=1S/C30H36NS/c1-20-23-11-9-10-12-24(23)26(30(5,6)7)17-25(20)27-16-22(13-14-31(27)8)28-15-21(19-32-28)18-29(2,3)4/h9-17,19H,18H2,1-8H3/q+1. The van der Waals surface area contributed by atoms with Crippen molar-refractivity contribution in [2.24, 2.45) is 12.5 Å². The van der Waals surface area contributed by atoms with E-state index in [0.29, 0.717) is 5.41 Å². The maximum atomic E-state index is 2.43. The highest BCUT2D eigenvalue weighted by atomic mass is 32.1. The van der Waals surface area contributed by atoms with Crippen LogP contribution >= 0.6 is 11.3 Å². The molecule has 0 aliphatic carbocycles. The molecule has 32 heavy (non-hydrogen) atoms. The van der Waals surface area contributed by atoms with Gasteiger partial charge in [0.05, 0.1) is 0 Å². The van der Waals surface area contributed by atoms with Crippen LogP contribution in [0.3, 0.4) is 0 Å². The SMILES string of the molecule is Cc1c(-c2cc(-c3cc(CC(C)(C)C)cs3)cc[n+]2C)cc(C(C)(C)C)c2ccccc12. The molecule has 0 radical (unpaired) electrons. The summed E-state index contributed by atoms with van der Waals surface area (Å²) in [6.45, 7) is 16.1. The average Bonchev–Trinajstić information content (AvgIpc) is 3.15. The Kier molecular flexibility index (Phi) is 5.79. The Bertz CT molecular complexity index is 1280. The molecule has 0 amide bonds. The predicted molar refractivity (Wildman–Crippen MR) is 140 cm³/mol. The summed E-state index contributed by atoms with van der Waals surface area (Å²) in [5.41, 5.74) is 8.46. The zero-order valence-electron chi connectivity index (χ0n) is 20.8. The minimum absolute atomic E-state index is 0.0772. The highest BCUT2D eigenvalue weighted by Gasteiger charge is 2.23. The second-order valence-electron chi connectivity index (χ2n) is 11.4. The molecule has 4 rings (SSSR count). The summed E-state index contributed by atoms with van der Waals surface area (Å²) in [4.78, 5) is 1.35. The number of hydrogen-bond acceptors (Lipinski definition) is 1. The molecule has 0 bridgehead atoms. The van der Waals surface area contributed by atoms with Gasteiger partial charge in [0.2, 0.25) is 5.69 Å². The van der Waals surface area contributed by atoms with Gasteiger partial charge in [-0.2, -0.15) is 0 Å². The molecule has 0 N–H and O–H groups in total. The minimum atomic E-state index is 0.0772. The van der Waals surface area contributed by atoms with E-state index in [9.17, 15) is 0 Å². The summed E-state index contributed by atoms with van der Waals surface area (Å²) in [7, 11) is 2.16. The second kappa shape index (κ2) is 8.15. The Balaban J connectivity index is 1.87. The van der Waals surface area contributed by atoms with Crippen LogP contribution < -0.4 is 4.57 Å². The lowest BCUT2D eigenvalue weighted by Crippen LogP contribution is -2.30. The van der Waals surface area contributed by atoms with E-state index < -0.39 is 0 Å². The quantitative estimate of drug-likeness (QED) is 0.281. The first-order valence-corrected chi connectivity index (χ1v) is 12.4. The van der Waals surface area contributed by atoms with Crippen LogP contribution in [0.4, 0.5) is 0 Å². The number of nitrogens with zero attached hydrogens (tertiary/aromatic N) is 1. The van der Waals surface area contributed by atoms with Crippen molar-refractivity contribution in [1.29, 1.82) is 0 Å². The van der Waals surface area contributed by atoms with Crippen molar-refractivity contribution in [1.82, 2.24) is 0 Å². The summed E-state index contributed by atoms with van der Waals surface area (Å²) in [5, 5.41) is 5.04. The van der Waals surface area contributed by atoms with Crippen molar-refractivity contribution in [3.05, 3.63) is 76.8 Å². The molecule has 4 aromatic rings. The Morgan fingerprint density at radius 3 is 2.22 bits per heavy atom. The minimum Gasteiger partial charge on any atom is -0.201 e. The number of pyridine rings is 1. The van der Waals surface area contributed by atoms with E-state index in [-0.39, 0.29) is 5.41 Å². The molecule has 2 aromatic heterocycles. The summed E-state index contributed by atoms with van der Waals surface area (Å²) in [5.74, 6) is 0.